The van der Waals surface area contributed by atoms with Crippen LogP contribution in [0.4, 0.5) is 24.9 Å². The van der Waals surface area contributed by atoms with Gasteiger partial charge in [-0.25, -0.2) is 23.5 Å². The van der Waals surface area contributed by atoms with Crippen LogP contribution in [0.25, 0.3) is 11.0 Å². The molecule has 1 aromatic carbocycles. The number of hydrogen-bond donors (Lipinski definition) is 3. The van der Waals surface area contributed by atoms with Crippen molar-refractivity contribution in [1.29, 1.82) is 0 Å². The van der Waals surface area contributed by atoms with Crippen LogP contribution in [-0.2, 0) is 16.6 Å². The Balaban J connectivity index is 1.62. The van der Waals surface area contributed by atoms with Gasteiger partial charge >= 0.3 is 6.18 Å². The fraction of sp³-hybridized carbons (Fsp3) is 0.316. The Bertz CT molecular complexity index is 1240. The molecule has 2 heterocycles. The van der Waals surface area contributed by atoms with Gasteiger partial charge in [0.15, 0.2) is 5.82 Å². The van der Waals surface area contributed by atoms with Gasteiger partial charge in [-0.15, -0.1) is 0 Å². The van der Waals surface area contributed by atoms with Gasteiger partial charge in [0.05, 0.1) is 10.4 Å². The molecular formula is C19H19F3N6O2S. The van der Waals surface area contributed by atoms with Gasteiger partial charge in [-0.05, 0) is 49.6 Å². The molecule has 4 rings (SSSR count). The summed E-state index contributed by atoms with van der Waals surface area (Å²) in [5.74, 6) is 0.129. The fourth-order valence-corrected chi connectivity index (χ4v) is 3.60. The quantitative estimate of drug-likeness (QED) is 0.525. The number of sulfonamides is 1. The Hall–Kier alpha value is -2.99. The molecule has 0 atom stereocenters. The first-order chi connectivity index (χ1) is 14.5. The number of pyridine rings is 1. The maximum Gasteiger partial charge on any atom is 0.411 e. The summed E-state index contributed by atoms with van der Waals surface area (Å²) in [4.78, 5) is 12.9. The lowest BCUT2D eigenvalue weighted by atomic mass is 10.2. The lowest BCUT2D eigenvalue weighted by Crippen LogP contribution is -2.39. The first-order valence-corrected chi connectivity index (χ1v) is 10.9. The van der Waals surface area contributed by atoms with E-state index in [1.165, 1.54) is 12.1 Å². The van der Waals surface area contributed by atoms with Crippen molar-refractivity contribution in [3.05, 3.63) is 47.7 Å². The Labute approximate surface area is 176 Å². The number of aromatic nitrogens is 3. The van der Waals surface area contributed by atoms with Crippen molar-refractivity contribution in [3.63, 3.8) is 0 Å². The highest BCUT2D eigenvalue weighted by Crippen LogP contribution is 2.51. The van der Waals surface area contributed by atoms with E-state index in [0.29, 0.717) is 16.8 Å². The van der Waals surface area contributed by atoms with Crippen molar-refractivity contribution < 1.29 is 21.6 Å². The van der Waals surface area contributed by atoms with Gasteiger partial charge in [0.1, 0.15) is 11.1 Å². The third-order valence-corrected chi connectivity index (χ3v) is 5.96. The molecule has 0 bridgehead atoms. The van der Waals surface area contributed by atoms with Gasteiger partial charge in [0.25, 0.3) is 0 Å². The predicted molar refractivity (Wildman–Crippen MR) is 109 cm³/mol. The minimum Gasteiger partial charge on any atom is -0.354 e. The SMILES string of the molecule is Cc1ccc2nc(NCc3ccc(S(N)(=O)=O)cc3)nc(NC3(C(F)(F)F)CC3)c2n1. The minimum absolute atomic E-state index is 0.00981. The van der Waals surface area contributed by atoms with Crippen LogP contribution in [0.1, 0.15) is 24.1 Å². The molecule has 2 aromatic heterocycles. The smallest absolute Gasteiger partial charge is 0.354 e. The van der Waals surface area contributed by atoms with Gasteiger partial charge in [0, 0.05) is 12.2 Å². The monoisotopic (exact) mass is 452 g/mol. The van der Waals surface area contributed by atoms with Crippen LogP contribution < -0.4 is 15.8 Å². The van der Waals surface area contributed by atoms with Crippen molar-refractivity contribution in [1.82, 2.24) is 15.0 Å². The molecule has 0 spiro atoms. The van der Waals surface area contributed by atoms with Gasteiger partial charge in [-0.1, -0.05) is 12.1 Å². The second-order valence-electron chi connectivity index (χ2n) is 7.46. The van der Waals surface area contributed by atoms with E-state index in [-0.39, 0.29) is 41.6 Å². The molecule has 0 aliphatic heterocycles. The number of nitrogens with zero attached hydrogens (tertiary/aromatic N) is 3. The van der Waals surface area contributed by atoms with Crippen LogP contribution in [0.2, 0.25) is 0 Å². The number of anilines is 2. The largest absolute Gasteiger partial charge is 0.411 e. The van der Waals surface area contributed by atoms with Gasteiger partial charge in [-0.2, -0.15) is 18.2 Å². The normalized spacial score (nSPS) is 15.6. The van der Waals surface area contributed by atoms with Crippen molar-refractivity contribution in [2.45, 2.75) is 42.9 Å². The van der Waals surface area contributed by atoms with E-state index in [0.717, 1.165) is 0 Å². The Morgan fingerprint density at radius 2 is 1.74 bits per heavy atom. The number of primary sulfonamides is 1. The number of hydrogen-bond acceptors (Lipinski definition) is 7. The van der Waals surface area contributed by atoms with E-state index >= 15 is 0 Å². The summed E-state index contributed by atoms with van der Waals surface area (Å²) in [6.45, 7) is 1.96. The average Bonchev–Trinajstić information content (AvgIpc) is 3.47. The zero-order valence-corrected chi connectivity index (χ0v) is 17.2. The van der Waals surface area contributed by atoms with Crippen molar-refractivity contribution in [2.24, 2.45) is 5.14 Å². The molecule has 8 nitrogen and oxygen atoms in total. The van der Waals surface area contributed by atoms with E-state index in [1.54, 1.807) is 31.2 Å². The van der Waals surface area contributed by atoms with Crippen molar-refractivity contribution >= 4 is 32.8 Å². The van der Waals surface area contributed by atoms with Crippen LogP contribution in [0, 0.1) is 6.92 Å². The van der Waals surface area contributed by atoms with Crippen LogP contribution in [-0.4, -0.2) is 35.1 Å². The summed E-state index contributed by atoms with van der Waals surface area (Å²) in [6, 6.07) is 9.26. The van der Waals surface area contributed by atoms with Gasteiger partial charge in [-0.3, -0.25) is 0 Å². The molecule has 0 amide bonds. The number of halogens is 3. The van der Waals surface area contributed by atoms with E-state index in [2.05, 4.69) is 25.6 Å². The predicted octanol–water partition coefficient (Wildman–Crippen LogP) is 3.10. The highest BCUT2D eigenvalue weighted by Gasteiger charge is 2.64. The fourth-order valence-electron chi connectivity index (χ4n) is 3.09. The number of alkyl halides is 3. The molecule has 4 N–H and O–H groups in total. The summed E-state index contributed by atoms with van der Waals surface area (Å²) in [7, 11) is -3.80. The highest BCUT2D eigenvalue weighted by atomic mass is 32.2. The van der Waals surface area contributed by atoms with Crippen LogP contribution in [0.3, 0.4) is 0 Å². The topological polar surface area (TPSA) is 123 Å². The molecule has 3 aromatic rings. The molecule has 164 valence electrons. The van der Waals surface area contributed by atoms with Crippen LogP contribution >= 0.6 is 0 Å². The summed E-state index contributed by atoms with van der Waals surface area (Å²) >= 11 is 0. The summed E-state index contributed by atoms with van der Waals surface area (Å²) in [6.07, 6.45) is -4.48. The van der Waals surface area contributed by atoms with Crippen molar-refractivity contribution in [3.8, 4) is 0 Å². The third kappa shape index (κ3) is 4.39. The first-order valence-electron chi connectivity index (χ1n) is 9.33. The lowest BCUT2D eigenvalue weighted by Gasteiger charge is -2.22. The van der Waals surface area contributed by atoms with E-state index in [4.69, 9.17) is 5.14 Å². The molecule has 0 saturated heterocycles. The average molecular weight is 452 g/mol. The number of nitrogens with two attached hydrogens (primary N) is 1. The van der Waals surface area contributed by atoms with Crippen LogP contribution in [0.15, 0.2) is 41.3 Å². The third-order valence-electron chi connectivity index (χ3n) is 5.03. The Morgan fingerprint density at radius 1 is 1.06 bits per heavy atom. The van der Waals surface area contributed by atoms with Crippen molar-refractivity contribution in [2.75, 3.05) is 10.6 Å². The molecule has 31 heavy (non-hydrogen) atoms. The highest BCUT2D eigenvalue weighted by molar-refractivity contribution is 7.89. The standard InChI is InChI=1S/C19H19F3N6O2S/c1-11-2-7-14-15(25-11)16(28-18(8-9-18)19(20,21)22)27-17(26-14)24-10-12-3-5-13(6-4-12)31(23,29)30/h2-7H,8-10H2,1H3,(H2,23,29,30)(H2,24,26,27,28). The molecule has 1 aliphatic rings. The van der Waals surface area contributed by atoms with Crippen LogP contribution in [0.5, 0.6) is 0 Å². The minimum atomic E-state index is -4.41. The second kappa shape index (κ2) is 7.31. The number of aryl methyl sites for hydroxylation is 1. The maximum absolute atomic E-state index is 13.5. The summed E-state index contributed by atoms with van der Waals surface area (Å²) in [5, 5.41) is 10.6. The summed E-state index contributed by atoms with van der Waals surface area (Å²) < 4.78 is 63.1. The Kier molecular flexibility index (Phi) is 5.01. The molecule has 12 heteroatoms. The number of fused-ring (bicyclic) bond motifs is 1. The lowest BCUT2D eigenvalue weighted by molar-refractivity contribution is -0.151. The maximum atomic E-state index is 13.5. The van der Waals surface area contributed by atoms with E-state index in [1.807, 2.05) is 0 Å². The molecule has 1 fully saturated rings. The first kappa shape index (κ1) is 21.2. The number of nitrogens with one attached hydrogen (secondary N) is 2. The Morgan fingerprint density at radius 3 is 2.32 bits per heavy atom. The molecular weight excluding hydrogens is 433 g/mol. The number of rotatable bonds is 6. The molecule has 1 aliphatic carbocycles. The number of benzene rings is 1. The molecule has 0 unspecified atom stereocenters. The van der Waals surface area contributed by atoms with E-state index < -0.39 is 21.7 Å². The van der Waals surface area contributed by atoms with Gasteiger partial charge in [0.2, 0.25) is 16.0 Å². The second-order valence-corrected chi connectivity index (χ2v) is 9.02. The van der Waals surface area contributed by atoms with Gasteiger partial charge < -0.3 is 10.6 Å². The van der Waals surface area contributed by atoms with E-state index in [9.17, 15) is 21.6 Å². The zero-order valence-electron chi connectivity index (χ0n) is 16.4. The molecule has 1 saturated carbocycles. The summed E-state index contributed by atoms with van der Waals surface area (Å²) in [5.41, 5.74) is 0.000503. The zero-order chi connectivity index (χ0) is 22.4. The molecule has 0 radical (unpaired) electrons.